The Labute approximate surface area is 165 Å². The number of ether oxygens (including phenoxy) is 2. The predicted octanol–water partition coefficient (Wildman–Crippen LogP) is -1.59. The Morgan fingerprint density at radius 2 is 2.20 bits per heavy atom. The van der Waals surface area contributed by atoms with Crippen LogP contribution >= 0.6 is 0 Å². The van der Waals surface area contributed by atoms with E-state index in [2.05, 4.69) is 15.0 Å². The molecule has 0 unspecified atom stereocenters. The highest BCUT2D eigenvalue weighted by molar-refractivity contribution is 5.81. The number of imidazole rings is 1. The Hall–Kier alpha value is -2.75. The van der Waals surface area contributed by atoms with Crippen LogP contribution < -0.4 is 16.6 Å². The Kier molecular flexibility index (Phi) is 6.25. The molecule has 1 amide bonds. The zero-order valence-electron chi connectivity index (χ0n) is 15.3. The normalized spacial score (nSPS) is 24.4. The maximum Gasteiger partial charge on any atom is 0.471 e. The van der Waals surface area contributed by atoms with Crippen LogP contribution in [0.3, 0.4) is 0 Å². The van der Waals surface area contributed by atoms with Crippen molar-refractivity contribution in [2.24, 2.45) is 0 Å². The number of carbonyl (C=O) groups is 1. The lowest BCUT2D eigenvalue weighted by Crippen LogP contribution is -2.38. The van der Waals surface area contributed by atoms with Crippen molar-refractivity contribution in [1.82, 2.24) is 24.8 Å². The van der Waals surface area contributed by atoms with Gasteiger partial charge in [-0.2, -0.15) is 18.2 Å². The summed E-state index contributed by atoms with van der Waals surface area (Å²) < 4.78 is 48.9. The number of aromatic amines is 1. The van der Waals surface area contributed by atoms with E-state index in [1.165, 1.54) is 10.9 Å². The summed E-state index contributed by atoms with van der Waals surface area (Å²) >= 11 is 0. The van der Waals surface area contributed by atoms with Crippen LogP contribution in [-0.4, -0.2) is 79.9 Å². The molecule has 2 aromatic heterocycles. The number of nitrogens with one attached hydrogen (secondary N) is 2. The van der Waals surface area contributed by atoms with Gasteiger partial charge < -0.3 is 30.7 Å². The highest BCUT2D eigenvalue weighted by atomic mass is 19.4. The predicted molar refractivity (Wildman–Crippen MR) is 93.0 cm³/mol. The van der Waals surface area contributed by atoms with E-state index in [0.29, 0.717) is 0 Å². The number of amides is 1. The summed E-state index contributed by atoms with van der Waals surface area (Å²) in [6, 6.07) is 0. The summed E-state index contributed by atoms with van der Waals surface area (Å²) in [4.78, 5) is 32.9. The Balaban J connectivity index is 1.71. The molecule has 1 fully saturated rings. The number of carbonyl (C=O) groups excluding carboxylic acids is 1. The number of nitrogen functional groups attached to an aromatic ring is 1. The molecule has 0 bridgehead atoms. The molecule has 12 nitrogen and oxygen atoms in total. The van der Waals surface area contributed by atoms with E-state index in [4.69, 9.17) is 15.2 Å². The lowest BCUT2D eigenvalue weighted by Gasteiger charge is -2.22. The van der Waals surface area contributed by atoms with Gasteiger partial charge in [-0.3, -0.25) is 19.1 Å². The maximum absolute atomic E-state index is 12.2. The number of nitrogens with two attached hydrogens (primary N) is 1. The number of halogens is 3. The summed E-state index contributed by atoms with van der Waals surface area (Å²) in [5.41, 5.74) is 4.98. The first-order valence-corrected chi connectivity index (χ1v) is 8.76. The van der Waals surface area contributed by atoms with E-state index in [0.717, 1.165) is 0 Å². The number of rotatable bonds is 7. The van der Waals surface area contributed by atoms with Gasteiger partial charge in [-0.25, -0.2) is 4.98 Å². The van der Waals surface area contributed by atoms with Crippen LogP contribution in [0.15, 0.2) is 11.1 Å². The van der Waals surface area contributed by atoms with Crippen LogP contribution in [0.1, 0.15) is 12.6 Å². The van der Waals surface area contributed by atoms with Gasteiger partial charge in [0.25, 0.3) is 5.56 Å². The number of aliphatic hydroxyl groups excluding tert-OH is 2. The van der Waals surface area contributed by atoms with Gasteiger partial charge >= 0.3 is 12.1 Å². The van der Waals surface area contributed by atoms with Gasteiger partial charge in [-0.1, -0.05) is 0 Å². The van der Waals surface area contributed by atoms with Crippen LogP contribution in [0.25, 0.3) is 11.2 Å². The fourth-order valence-corrected chi connectivity index (χ4v) is 3.00. The average molecular weight is 436 g/mol. The first kappa shape index (κ1) is 21.9. The second kappa shape index (κ2) is 8.55. The monoisotopic (exact) mass is 436 g/mol. The summed E-state index contributed by atoms with van der Waals surface area (Å²) in [5, 5.41) is 21.5. The smallest absolute Gasteiger partial charge is 0.394 e. The van der Waals surface area contributed by atoms with Crippen molar-refractivity contribution >= 4 is 23.0 Å². The first-order chi connectivity index (χ1) is 14.1. The minimum Gasteiger partial charge on any atom is -0.394 e. The molecule has 0 spiro atoms. The third-order valence-corrected chi connectivity index (χ3v) is 4.39. The number of nitrogens with zero attached hydrogens (tertiary/aromatic N) is 3. The molecule has 0 aromatic carbocycles. The lowest BCUT2D eigenvalue weighted by atomic mass is 10.1. The third kappa shape index (κ3) is 4.38. The van der Waals surface area contributed by atoms with Gasteiger partial charge in [0.05, 0.1) is 12.9 Å². The molecule has 6 N–H and O–H groups in total. The number of fused-ring (bicyclic) bond motifs is 1. The molecule has 0 saturated carbocycles. The summed E-state index contributed by atoms with van der Waals surface area (Å²) in [7, 11) is 0. The van der Waals surface area contributed by atoms with Gasteiger partial charge in [-0.15, -0.1) is 0 Å². The fourth-order valence-electron chi connectivity index (χ4n) is 3.00. The topological polar surface area (TPSA) is 178 Å². The molecule has 166 valence electrons. The van der Waals surface area contributed by atoms with Gasteiger partial charge in [-0.05, 0) is 6.42 Å². The Bertz CT molecular complexity index is 962. The van der Waals surface area contributed by atoms with E-state index < -0.39 is 48.8 Å². The first-order valence-electron chi connectivity index (χ1n) is 8.76. The van der Waals surface area contributed by atoms with Crippen LogP contribution in [0, 0.1) is 0 Å². The number of H-pyrrole nitrogens is 1. The quantitative estimate of drug-likeness (QED) is 0.320. The van der Waals surface area contributed by atoms with Crippen molar-refractivity contribution in [2.45, 2.75) is 37.1 Å². The van der Waals surface area contributed by atoms with Gasteiger partial charge in [0.1, 0.15) is 18.3 Å². The number of alkyl halides is 3. The molecule has 1 aliphatic heterocycles. The van der Waals surface area contributed by atoms with Crippen LogP contribution in [0.4, 0.5) is 19.1 Å². The average Bonchev–Trinajstić information content (AvgIpc) is 3.21. The minimum atomic E-state index is -4.98. The van der Waals surface area contributed by atoms with Crippen LogP contribution in [-0.2, 0) is 14.3 Å². The number of hydrogen-bond donors (Lipinski definition) is 5. The van der Waals surface area contributed by atoms with Crippen molar-refractivity contribution in [1.29, 1.82) is 0 Å². The van der Waals surface area contributed by atoms with Crippen molar-refractivity contribution in [3.63, 3.8) is 0 Å². The van der Waals surface area contributed by atoms with Gasteiger partial charge in [0, 0.05) is 13.2 Å². The molecule has 0 radical (unpaired) electrons. The molecule has 0 aliphatic carbocycles. The fraction of sp³-hybridized carbons (Fsp3) is 0.600. The van der Waals surface area contributed by atoms with E-state index in [9.17, 15) is 33.0 Å². The third-order valence-electron chi connectivity index (χ3n) is 4.39. The number of aliphatic hydroxyl groups is 2. The Morgan fingerprint density at radius 3 is 2.87 bits per heavy atom. The van der Waals surface area contributed by atoms with E-state index in [1.54, 1.807) is 5.32 Å². The molecule has 15 heteroatoms. The zero-order valence-corrected chi connectivity index (χ0v) is 15.3. The zero-order chi connectivity index (χ0) is 22.1. The molecule has 4 atom stereocenters. The van der Waals surface area contributed by atoms with E-state index in [-0.39, 0.29) is 36.7 Å². The minimum absolute atomic E-state index is 0.0110. The molecule has 3 heterocycles. The van der Waals surface area contributed by atoms with Crippen LogP contribution in [0.2, 0.25) is 0 Å². The second-order valence-corrected chi connectivity index (χ2v) is 6.46. The highest BCUT2D eigenvalue weighted by Gasteiger charge is 2.46. The van der Waals surface area contributed by atoms with E-state index in [1.807, 2.05) is 0 Å². The number of aromatic nitrogens is 4. The highest BCUT2D eigenvalue weighted by Crippen LogP contribution is 2.33. The summed E-state index contributed by atoms with van der Waals surface area (Å²) in [6.45, 7) is -0.986. The summed E-state index contributed by atoms with van der Waals surface area (Å²) in [6.07, 6.45) is -8.19. The van der Waals surface area contributed by atoms with Crippen LogP contribution in [0.5, 0.6) is 0 Å². The van der Waals surface area contributed by atoms with E-state index >= 15 is 0 Å². The number of hydrogen-bond acceptors (Lipinski definition) is 9. The molecule has 1 aliphatic rings. The van der Waals surface area contributed by atoms with Crippen molar-refractivity contribution in [3.05, 3.63) is 16.7 Å². The molecule has 30 heavy (non-hydrogen) atoms. The SMILES string of the molecule is Nc1nc2c(ncn2[C@@H]2O[C@H](CO)[C@@H](O)[C@H]2OCCCNC(=O)C(F)(F)F)c(=O)[nH]1. The largest absolute Gasteiger partial charge is 0.471 e. The molecular weight excluding hydrogens is 417 g/mol. The molecule has 2 aromatic rings. The molecular formula is C15H19F3N6O6. The second-order valence-electron chi connectivity index (χ2n) is 6.46. The summed E-state index contributed by atoms with van der Waals surface area (Å²) in [5.74, 6) is -2.24. The lowest BCUT2D eigenvalue weighted by molar-refractivity contribution is -0.173. The van der Waals surface area contributed by atoms with Crippen molar-refractivity contribution in [2.75, 3.05) is 25.5 Å². The van der Waals surface area contributed by atoms with Gasteiger partial charge in [0.15, 0.2) is 17.4 Å². The maximum atomic E-state index is 12.2. The van der Waals surface area contributed by atoms with Gasteiger partial charge in [0.2, 0.25) is 5.95 Å². The number of anilines is 1. The molecule has 3 rings (SSSR count). The Morgan fingerprint density at radius 1 is 1.47 bits per heavy atom. The standard InChI is InChI=1S/C15H19F3N6O6/c16-15(17,18)13(28)20-2-1-3-29-9-8(26)6(4-25)30-12(9)24-5-21-7-10(24)22-14(19)23-11(7)27/h5-6,8-9,12,25-26H,1-4H2,(H,20,28)(H3,19,22,23,27)/t6-,8-,9-,12-/m1/s1. The van der Waals surface area contributed by atoms with Crippen molar-refractivity contribution < 1.29 is 37.7 Å². The van der Waals surface area contributed by atoms with Crippen molar-refractivity contribution in [3.8, 4) is 0 Å². The molecule has 1 saturated heterocycles.